The second kappa shape index (κ2) is 3.43. The minimum Gasteiger partial charge on any atom is -0.280 e. The van der Waals surface area contributed by atoms with Crippen molar-refractivity contribution in [3.63, 3.8) is 0 Å². The zero-order valence-electron chi connectivity index (χ0n) is 6.58. The molecule has 0 saturated heterocycles. The molecular weight excluding hydrogens is 154 g/mol. The Morgan fingerprint density at radius 1 is 1.40 bits per heavy atom. The highest BCUT2D eigenvalue weighted by molar-refractivity contribution is 7.77. The van der Waals surface area contributed by atoms with Crippen LogP contribution in [-0.2, 0) is 20.7 Å². The summed E-state index contributed by atoms with van der Waals surface area (Å²) in [5.74, 6) is 0. The largest absolute Gasteiger partial charge is 0.280 e. The van der Waals surface area contributed by atoms with Crippen molar-refractivity contribution < 1.29 is 13.6 Å². The Morgan fingerprint density at radius 2 is 1.80 bits per heavy atom. The normalized spacial score (nSPS) is 15.8. The molecule has 1 atom stereocenters. The summed E-state index contributed by atoms with van der Waals surface area (Å²) in [7, 11) is 1.23. The second-order valence-corrected chi connectivity index (χ2v) is 3.91. The molecule has 0 N–H and O–H groups in total. The van der Waals surface area contributed by atoms with E-state index in [2.05, 4.69) is 4.18 Å². The Balaban J connectivity index is 4.08. The molecule has 0 amide bonds. The first-order chi connectivity index (χ1) is 4.39. The zero-order valence-corrected chi connectivity index (χ0v) is 7.40. The molecule has 0 heterocycles. The van der Waals surface area contributed by atoms with Gasteiger partial charge in [0.1, 0.15) is 0 Å². The van der Waals surface area contributed by atoms with Gasteiger partial charge in [-0.3, -0.25) is 4.18 Å². The first-order valence-corrected chi connectivity index (χ1v) is 3.86. The fourth-order valence-electron chi connectivity index (χ4n) is 0.291. The number of rotatable bonds is 2. The molecule has 0 bridgehead atoms. The molecule has 0 aromatic rings. The highest BCUT2D eigenvalue weighted by Gasteiger charge is 2.26. The molecule has 4 nitrogen and oxygen atoms in total. The van der Waals surface area contributed by atoms with Crippen molar-refractivity contribution in [2.75, 3.05) is 7.11 Å². The molecule has 61 valence electrons. The standard InChI is InChI=1S/C5H12NO3S/c1-5(2,3)6(7)10(8)9-4/h1-4H3. The van der Waals surface area contributed by atoms with E-state index >= 15 is 0 Å². The van der Waals surface area contributed by atoms with Crippen LogP contribution < -0.4 is 0 Å². The summed E-state index contributed by atoms with van der Waals surface area (Å²) in [6.45, 7) is 4.99. The van der Waals surface area contributed by atoms with Gasteiger partial charge in [-0.05, 0) is 25.2 Å². The Kier molecular flexibility index (Phi) is 3.44. The first-order valence-electron chi connectivity index (χ1n) is 2.83. The smallest absolute Gasteiger partial charge is 0.264 e. The molecule has 0 fully saturated rings. The van der Waals surface area contributed by atoms with Crippen LogP contribution in [0.5, 0.6) is 0 Å². The van der Waals surface area contributed by atoms with Crippen molar-refractivity contribution in [2.45, 2.75) is 26.3 Å². The van der Waals surface area contributed by atoms with Crippen LogP contribution in [0.2, 0.25) is 0 Å². The van der Waals surface area contributed by atoms with E-state index in [-0.39, 0.29) is 0 Å². The maximum Gasteiger partial charge on any atom is 0.264 e. The van der Waals surface area contributed by atoms with E-state index in [1.165, 1.54) is 7.11 Å². The Hall–Kier alpha value is 0.0300. The van der Waals surface area contributed by atoms with Gasteiger partial charge < -0.3 is 0 Å². The summed E-state index contributed by atoms with van der Waals surface area (Å²) in [6, 6.07) is 0. The highest BCUT2D eigenvalue weighted by Crippen LogP contribution is 2.12. The van der Waals surface area contributed by atoms with Crippen molar-refractivity contribution in [1.82, 2.24) is 4.47 Å². The molecular formula is C5H12NO3S. The summed E-state index contributed by atoms with van der Waals surface area (Å²) >= 11 is -1.86. The number of hydroxylamine groups is 1. The summed E-state index contributed by atoms with van der Waals surface area (Å²) in [6.07, 6.45) is 0. The van der Waals surface area contributed by atoms with Gasteiger partial charge >= 0.3 is 0 Å². The Morgan fingerprint density at radius 3 is 1.90 bits per heavy atom. The molecule has 0 aliphatic heterocycles. The second-order valence-electron chi connectivity index (χ2n) is 2.81. The van der Waals surface area contributed by atoms with E-state index in [0.717, 1.165) is 0 Å². The lowest BCUT2D eigenvalue weighted by atomic mass is 10.1. The van der Waals surface area contributed by atoms with Gasteiger partial charge in [-0.25, -0.2) is 4.21 Å². The van der Waals surface area contributed by atoms with Gasteiger partial charge in [-0.15, -0.1) is 5.21 Å². The van der Waals surface area contributed by atoms with Gasteiger partial charge in [0.15, 0.2) is 0 Å². The average Bonchev–Trinajstić information content (AvgIpc) is 1.83. The maximum atomic E-state index is 10.9. The molecule has 0 spiro atoms. The van der Waals surface area contributed by atoms with E-state index in [1.807, 2.05) is 0 Å². The average molecular weight is 166 g/mol. The van der Waals surface area contributed by atoms with Gasteiger partial charge in [-0.2, -0.15) is 0 Å². The third-order valence-corrected chi connectivity index (χ3v) is 1.93. The fourth-order valence-corrected chi connectivity index (χ4v) is 0.874. The minimum absolute atomic E-state index is 0.410. The monoisotopic (exact) mass is 166 g/mol. The molecule has 10 heavy (non-hydrogen) atoms. The van der Waals surface area contributed by atoms with E-state index in [4.69, 9.17) is 0 Å². The quantitative estimate of drug-likeness (QED) is 0.566. The minimum atomic E-state index is -1.86. The van der Waals surface area contributed by atoms with Crippen LogP contribution in [0.4, 0.5) is 0 Å². The number of hydrogen-bond acceptors (Lipinski definition) is 2. The van der Waals surface area contributed by atoms with E-state index in [0.29, 0.717) is 4.47 Å². The van der Waals surface area contributed by atoms with Crippen molar-refractivity contribution >= 4 is 11.3 Å². The maximum absolute atomic E-state index is 10.9. The zero-order chi connectivity index (χ0) is 8.36. The fraction of sp³-hybridized carbons (Fsp3) is 1.00. The molecule has 0 aliphatic carbocycles. The molecule has 0 rings (SSSR count). The SMILES string of the molecule is COS(=O)N([O])C(C)(C)C. The van der Waals surface area contributed by atoms with Gasteiger partial charge in [0, 0.05) is 0 Å². The molecule has 0 aromatic carbocycles. The van der Waals surface area contributed by atoms with Crippen LogP contribution in [-0.4, -0.2) is 21.3 Å². The van der Waals surface area contributed by atoms with Crippen molar-refractivity contribution in [3.8, 4) is 0 Å². The molecule has 1 radical (unpaired) electrons. The molecule has 0 aromatic heterocycles. The predicted octanol–water partition coefficient (Wildman–Crippen LogP) is 0.657. The van der Waals surface area contributed by atoms with E-state index in [9.17, 15) is 9.42 Å². The van der Waals surface area contributed by atoms with Crippen LogP contribution in [0.25, 0.3) is 0 Å². The van der Waals surface area contributed by atoms with Crippen LogP contribution >= 0.6 is 0 Å². The van der Waals surface area contributed by atoms with Gasteiger partial charge in [0.05, 0.1) is 12.6 Å². The van der Waals surface area contributed by atoms with Crippen LogP contribution in [0.15, 0.2) is 0 Å². The highest BCUT2D eigenvalue weighted by atomic mass is 32.2. The summed E-state index contributed by atoms with van der Waals surface area (Å²) < 4.78 is 15.4. The summed E-state index contributed by atoms with van der Waals surface area (Å²) in [4.78, 5) is 0. The van der Waals surface area contributed by atoms with Crippen molar-refractivity contribution in [2.24, 2.45) is 0 Å². The Labute approximate surface area is 63.5 Å². The van der Waals surface area contributed by atoms with E-state index < -0.39 is 16.8 Å². The predicted molar refractivity (Wildman–Crippen MR) is 37.4 cm³/mol. The first kappa shape index (κ1) is 10.0. The van der Waals surface area contributed by atoms with Crippen molar-refractivity contribution in [1.29, 1.82) is 0 Å². The topological polar surface area (TPSA) is 49.4 Å². The summed E-state index contributed by atoms with van der Waals surface area (Å²) in [5, 5.41) is 10.9. The van der Waals surface area contributed by atoms with E-state index in [1.54, 1.807) is 20.8 Å². The third kappa shape index (κ3) is 2.74. The lowest BCUT2D eigenvalue weighted by Crippen LogP contribution is -2.39. The Bertz CT molecular complexity index is 131. The van der Waals surface area contributed by atoms with Crippen LogP contribution in [0, 0.1) is 0 Å². The van der Waals surface area contributed by atoms with Gasteiger partial charge in [-0.1, -0.05) is 0 Å². The molecule has 5 heteroatoms. The van der Waals surface area contributed by atoms with Crippen LogP contribution in [0.1, 0.15) is 20.8 Å². The molecule has 0 aliphatic rings. The summed E-state index contributed by atoms with van der Waals surface area (Å²) in [5.41, 5.74) is -0.666. The molecule has 1 unspecified atom stereocenters. The van der Waals surface area contributed by atoms with Gasteiger partial charge in [0.25, 0.3) is 11.3 Å². The number of nitrogens with zero attached hydrogens (tertiary/aromatic N) is 1. The number of hydrogen-bond donors (Lipinski definition) is 0. The van der Waals surface area contributed by atoms with Crippen molar-refractivity contribution in [3.05, 3.63) is 0 Å². The lowest BCUT2D eigenvalue weighted by molar-refractivity contribution is -0.132. The lowest BCUT2D eigenvalue weighted by Gasteiger charge is -2.23. The van der Waals surface area contributed by atoms with Gasteiger partial charge in [0.2, 0.25) is 0 Å². The van der Waals surface area contributed by atoms with Crippen LogP contribution in [0.3, 0.4) is 0 Å². The third-order valence-electron chi connectivity index (χ3n) is 0.826. The molecule has 0 saturated carbocycles.